The molecule has 2 aromatic carbocycles. The summed E-state index contributed by atoms with van der Waals surface area (Å²) in [7, 11) is -3.90. The van der Waals surface area contributed by atoms with Gasteiger partial charge < -0.3 is 14.2 Å². The van der Waals surface area contributed by atoms with E-state index >= 15 is 0 Å². The summed E-state index contributed by atoms with van der Waals surface area (Å²) in [4.78, 5) is 12.1. The topological polar surface area (TPSA) is 88.1 Å². The molecule has 0 bridgehead atoms. The van der Waals surface area contributed by atoms with Crippen molar-refractivity contribution < 1.29 is 31.6 Å². The van der Waals surface area contributed by atoms with E-state index < -0.39 is 16.2 Å². The summed E-state index contributed by atoms with van der Waals surface area (Å²) >= 11 is 0. The van der Waals surface area contributed by atoms with Crippen LogP contribution in [-0.4, -0.2) is 40.1 Å². The number of hydrogen-bond acceptors (Lipinski definition) is 7. The summed E-state index contributed by atoms with van der Waals surface area (Å²) in [5.41, 5.74) is 1.39. The van der Waals surface area contributed by atoms with E-state index in [1.54, 1.807) is 24.3 Å². The van der Waals surface area contributed by atoms with Crippen molar-refractivity contribution in [1.82, 2.24) is 0 Å². The fourth-order valence-corrected chi connectivity index (χ4v) is 3.85. The number of rotatable bonds is 4. The van der Waals surface area contributed by atoms with Crippen molar-refractivity contribution in [3.63, 3.8) is 0 Å². The number of ether oxygens (including phenoxy) is 3. The van der Waals surface area contributed by atoms with Gasteiger partial charge in [-0.1, -0.05) is 17.7 Å². The Morgan fingerprint density at radius 1 is 1.07 bits per heavy atom. The predicted octanol–water partition coefficient (Wildman–Crippen LogP) is 2.51. The smallest absolute Gasteiger partial charge is 0.297 e. The Bertz CT molecular complexity index is 980. The highest BCUT2D eigenvalue weighted by atomic mass is 32.2. The molecular formula is C19H18O7S. The summed E-state index contributed by atoms with van der Waals surface area (Å²) < 4.78 is 46.8. The molecule has 4 rings (SSSR count). The Kier molecular flexibility index (Phi) is 4.53. The quantitative estimate of drug-likeness (QED) is 0.741. The average molecular weight is 390 g/mol. The maximum atomic E-state index is 12.3. The molecule has 1 atom stereocenters. The molecule has 142 valence electrons. The third-order valence-electron chi connectivity index (χ3n) is 4.38. The lowest BCUT2D eigenvalue weighted by molar-refractivity contribution is 0.0507. The van der Waals surface area contributed by atoms with Crippen molar-refractivity contribution in [2.45, 2.75) is 24.3 Å². The van der Waals surface area contributed by atoms with Gasteiger partial charge in [-0.2, -0.15) is 8.42 Å². The van der Waals surface area contributed by atoms with E-state index in [2.05, 4.69) is 0 Å². The third kappa shape index (κ3) is 3.50. The van der Waals surface area contributed by atoms with Crippen LogP contribution < -0.4 is 14.2 Å². The molecule has 0 saturated carbocycles. The molecule has 27 heavy (non-hydrogen) atoms. The molecule has 0 spiro atoms. The summed E-state index contributed by atoms with van der Waals surface area (Å²) in [5, 5.41) is 0. The van der Waals surface area contributed by atoms with Crippen LogP contribution in [0.4, 0.5) is 0 Å². The van der Waals surface area contributed by atoms with E-state index in [0.29, 0.717) is 29.2 Å². The lowest BCUT2D eigenvalue weighted by atomic mass is 10.0. The molecule has 0 aliphatic carbocycles. The normalized spacial score (nSPS) is 18.6. The average Bonchev–Trinajstić information content (AvgIpc) is 2.67. The van der Waals surface area contributed by atoms with E-state index in [1.165, 1.54) is 12.1 Å². The Balaban J connectivity index is 1.49. The van der Waals surface area contributed by atoms with E-state index in [0.717, 1.165) is 5.56 Å². The van der Waals surface area contributed by atoms with Crippen LogP contribution in [-0.2, 0) is 14.3 Å². The first-order chi connectivity index (χ1) is 12.9. The molecule has 8 heteroatoms. The standard InChI is InChI=1S/C19H18O7S/c1-12-2-4-14(5-3-12)27(21,22)25-11-13-10-24-17-7-6-15-16(20)8-9-23-18(15)19(17)26-13/h2-7,13H,8-11H2,1H3. The first-order valence-electron chi connectivity index (χ1n) is 8.52. The maximum Gasteiger partial charge on any atom is 0.297 e. The second kappa shape index (κ2) is 6.86. The molecule has 0 aromatic heterocycles. The van der Waals surface area contributed by atoms with Crippen LogP contribution in [0.25, 0.3) is 0 Å². The Morgan fingerprint density at radius 3 is 2.63 bits per heavy atom. The van der Waals surface area contributed by atoms with Crippen LogP contribution in [0.2, 0.25) is 0 Å². The Hall–Kier alpha value is -2.58. The molecule has 0 fully saturated rings. The molecule has 7 nitrogen and oxygen atoms in total. The third-order valence-corrected chi connectivity index (χ3v) is 5.68. The van der Waals surface area contributed by atoms with Gasteiger partial charge in [-0.3, -0.25) is 8.98 Å². The van der Waals surface area contributed by atoms with Gasteiger partial charge in [-0.25, -0.2) is 0 Å². The zero-order valence-electron chi connectivity index (χ0n) is 14.6. The number of carbonyl (C=O) groups is 1. The zero-order chi connectivity index (χ0) is 19.0. The minimum absolute atomic E-state index is 0.0250. The molecule has 0 N–H and O–H groups in total. The van der Waals surface area contributed by atoms with Gasteiger partial charge in [0.2, 0.25) is 5.75 Å². The van der Waals surface area contributed by atoms with Crippen molar-refractivity contribution >= 4 is 15.9 Å². The van der Waals surface area contributed by atoms with Crippen molar-refractivity contribution in [1.29, 1.82) is 0 Å². The predicted molar refractivity (Wildman–Crippen MR) is 95.1 cm³/mol. The number of benzene rings is 2. The fraction of sp³-hybridized carbons (Fsp3) is 0.316. The number of fused-ring (bicyclic) bond motifs is 3. The number of hydrogen-bond donors (Lipinski definition) is 0. The van der Waals surface area contributed by atoms with Crippen LogP contribution >= 0.6 is 0 Å². The largest absolute Gasteiger partial charge is 0.488 e. The number of carbonyl (C=O) groups excluding carboxylic acids is 1. The molecule has 2 aliphatic heterocycles. The Morgan fingerprint density at radius 2 is 1.85 bits per heavy atom. The molecule has 0 radical (unpaired) electrons. The van der Waals surface area contributed by atoms with Gasteiger partial charge in [0, 0.05) is 6.42 Å². The van der Waals surface area contributed by atoms with Gasteiger partial charge in [-0.05, 0) is 31.2 Å². The van der Waals surface area contributed by atoms with Crippen LogP contribution in [0.3, 0.4) is 0 Å². The summed E-state index contributed by atoms with van der Waals surface area (Å²) in [6.07, 6.45) is -0.335. The lowest BCUT2D eigenvalue weighted by Crippen LogP contribution is -2.35. The summed E-state index contributed by atoms with van der Waals surface area (Å²) in [6, 6.07) is 9.70. The first kappa shape index (κ1) is 17.8. The minimum atomic E-state index is -3.90. The molecular weight excluding hydrogens is 372 g/mol. The zero-order valence-corrected chi connectivity index (χ0v) is 15.5. The minimum Gasteiger partial charge on any atom is -0.488 e. The number of ketones is 1. The van der Waals surface area contributed by atoms with Gasteiger partial charge in [-0.15, -0.1) is 0 Å². The fourth-order valence-electron chi connectivity index (χ4n) is 2.92. The van der Waals surface area contributed by atoms with Crippen molar-refractivity contribution in [2.24, 2.45) is 0 Å². The van der Waals surface area contributed by atoms with E-state index in [1.807, 2.05) is 6.92 Å². The highest BCUT2D eigenvalue weighted by molar-refractivity contribution is 7.86. The van der Waals surface area contributed by atoms with Crippen LogP contribution in [0, 0.1) is 6.92 Å². The van der Waals surface area contributed by atoms with E-state index in [4.69, 9.17) is 18.4 Å². The van der Waals surface area contributed by atoms with Crippen molar-refractivity contribution in [3.8, 4) is 17.2 Å². The maximum absolute atomic E-state index is 12.3. The monoisotopic (exact) mass is 390 g/mol. The van der Waals surface area contributed by atoms with Crippen LogP contribution in [0.1, 0.15) is 22.3 Å². The highest BCUT2D eigenvalue weighted by Gasteiger charge is 2.31. The Labute approximate surface area is 156 Å². The molecule has 0 saturated heterocycles. The SMILES string of the molecule is Cc1ccc(S(=O)(=O)OCC2COc3ccc4c(c3O2)OCCC4=O)cc1. The second-order valence-corrected chi connectivity index (χ2v) is 8.01. The van der Waals surface area contributed by atoms with Gasteiger partial charge in [0.05, 0.1) is 17.1 Å². The summed E-state index contributed by atoms with van der Waals surface area (Å²) in [6.45, 7) is 2.06. The van der Waals surface area contributed by atoms with Crippen molar-refractivity contribution in [2.75, 3.05) is 19.8 Å². The number of aryl methyl sites for hydroxylation is 1. The van der Waals surface area contributed by atoms with Gasteiger partial charge in [0.15, 0.2) is 23.4 Å². The highest BCUT2D eigenvalue weighted by Crippen LogP contribution is 2.44. The number of Topliss-reactive ketones (excluding diaryl/α,β-unsaturated/α-hetero) is 1. The van der Waals surface area contributed by atoms with Crippen LogP contribution in [0.5, 0.6) is 17.2 Å². The van der Waals surface area contributed by atoms with E-state index in [9.17, 15) is 13.2 Å². The first-order valence-corrected chi connectivity index (χ1v) is 9.93. The van der Waals surface area contributed by atoms with Gasteiger partial charge in [0.1, 0.15) is 13.2 Å². The summed E-state index contributed by atoms with van der Waals surface area (Å²) in [5.74, 6) is 1.09. The molecule has 0 amide bonds. The van der Waals surface area contributed by atoms with Gasteiger partial charge >= 0.3 is 0 Å². The lowest BCUT2D eigenvalue weighted by Gasteiger charge is -2.29. The van der Waals surface area contributed by atoms with Gasteiger partial charge in [0.25, 0.3) is 10.1 Å². The molecule has 2 heterocycles. The van der Waals surface area contributed by atoms with Crippen molar-refractivity contribution in [3.05, 3.63) is 47.5 Å². The molecule has 2 aromatic rings. The second-order valence-electron chi connectivity index (χ2n) is 6.39. The molecule has 1 unspecified atom stereocenters. The van der Waals surface area contributed by atoms with E-state index in [-0.39, 0.29) is 30.5 Å². The van der Waals surface area contributed by atoms with Crippen LogP contribution in [0.15, 0.2) is 41.3 Å². The molecule has 2 aliphatic rings.